The highest BCUT2D eigenvalue weighted by atomic mass is 16.5. The Morgan fingerprint density at radius 1 is 1.00 bits per heavy atom. The van der Waals surface area contributed by atoms with E-state index in [0.717, 1.165) is 43.8 Å². The molecule has 0 spiro atoms. The van der Waals surface area contributed by atoms with E-state index in [1.54, 1.807) is 18.2 Å². The van der Waals surface area contributed by atoms with Gasteiger partial charge in [0.1, 0.15) is 11.1 Å². The summed E-state index contributed by atoms with van der Waals surface area (Å²) < 4.78 is 10.6. The van der Waals surface area contributed by atoms with Gasteiger partial charge in [-0.1, -0.05) is 42.5 Å². The van der Waals surface area contributed by atoms with Crippen molar-refractivity contribution in [1.29, 1.82) is 0 Å². The van der Waals surface area contributed by atoms with Crippen LogP contribution in [0.25, 0.3) is 11.0 Å². The van der Waals surface area contributed by atoms with Crippen molar-refractivity contribution in [2.24, 2.45) is 0 Å². The Bertz CT molecular complexity index is 1040. The first-order valence-corrected chi connectivity index (χ1v) is 9.38. The predicted octanol–water partition coefficient (Wildman–Crippen LogP) is 2.56. The number of rotatable bonds is 5. The second-order valence-electron chi connectivity index (χ2n) is 6.88. The number of carbonyl (C=O) groups is 1. The summed E-state index contributed by atoms with van der Waals surface area (Å²) in [4.78, 5) is 27.0. The maximum atomic E-state index is 12.5. The second-order valence-corrected chi connectivity index (χ2v) is 6.88. The first kappa shape index (κ1) is 18.4. The zero-order valence-electron chi connectivity index (χ0n) is 15.5. The largest absolute Gasteiger partial charge is 0.422 e. The molecule has 0 bridgehead atoms. The number of fused-ring (bicyclic) bond motifs is 1. The van der Waals surface area contributed by atoms with Crippen LogP contribution in [0.15, 0.2) is 63.8 Å². The normalized spacial score (nSPS) is 14.9. The van der Waals surface area contributed by atoms with Gasteiger partial charge in [0.2, 0.25) is 0 Å². The van der Waals surface area contributed by atoms with Gasteiger partial charge in [-0.25, -0.2) is 4.79 Å². The molecule has 1 amide bonds. The third-order valence-corrected chi connectivity index (χ3v) is 4.84. The van der Waals surface area contributed by atoms with Crippen LogP contribution in [-0.4, -0.2) is 37.1 Å². The molecule has 2 aromatic carbocycles. The molecule has 6 nitrogen and oxygen atoms in total. The topological polar surface area (TPSA) is 71.8 Å². The van der Waals surface area contributed by atoms with E-state index in [-0.39, 0.29) is 5.56 Å². The van der Waals surface area contributed by atoms with Crippen molar-refractivity contribution in [3.05, 3.63) is 81.7 Å². The molecule has 1 aliphatic rings. The highest BCUT2D eigenvalue weighted by Gasteiger charge is 2.14. The van der Waals surface area contributed by atoms with E-state index in [0.29, 0.717) is 12.1 Å². The number of nitrogens with one attached hydrogen (secondary N) is 1. The molecule has 1 N–H and O–H groups in total. The highest BCUT2D eigenvalue weighted by Crippen LogP contribution is 2.13. The lowest BCUT2D eigenvalue weighted by Gasteiger charge is -2.26. The van der Waals surface area contributed by atoms with Crippen LogP contribution in [0.4, 0.5) is 0 Å². The number of amides is 1. The highest BCUT2D eigenvalue weighted by molar-refractivity contribution is 5.96. The lowest BCUT2D eigenvalue weighted by atomic mass is 10.1. The Labute approximate surface area is 162 Å². The summed E-state index contributed by atoms with van der Waals surface area (Å²) in [6.07, 6.45) is 0. The lowest BCUT2D eigenvalue weighted by Crippen LogP contribution is -2.35. The molecule has 1 fully saturated rings. The zero-order valence-corrected chi connectivity index (χ0v) is 15.5. The molecule has 0 aliphatic carbocycles. The van der Waals surface area contributed by atoms with Gasteiger partial charge in [-0.05, 0) is 23.3 Å². The second kappa shape index (κ2) is 8.37. The molecule has 0 saturated carbocycles. The lowest BCUT2D eigenvalue weighted by molar-refractivity contribution is 0.0342. The van der Waals surface area contributed by atoms with Crippen LogP contribution in [0.2, 0.25) is 0 Å². The minimum Gasteiger partial charge on any atom is -0.422 e. The Hall–Kier alpha value is -2.96. The van der Waals surface area contributed by atoms with Crippen LogP contribution in [0.1, 0.15) is 21.5 Å². The molecular formula is C22H22N2O4. The third kappa shape index (κ3) is 4.30. The molecule has 2 heterocycles. The number of hydrogen-bond donors (Lipinski definition) is 1. The van der Waals surface area contributed by atoms with E-state index in [9.17, 15) is 9.59 Å². The van der Waals surface area contributed by atoms with Crippen molar-refractivity contribution in [2.75, 3.05) is 26.3 Å². The zero-order chi connectivity index (χ0) is 19.3. The fourth-order valence-corrected chi connectivity index (χ4v) is 3.35. The average Bonchev–Trinajstić information content (AvgIpc) is 2.72. The molecule has 0 unspecified atom stereocenters. The minimum atomic E-state index is -0.628. The number of ether oxygens (including phenoxy) is 1. The molecule has 0 atom stereocenters. The molecule has 1 saturated heterocycles. The standard InChI is InChI=1S/C22H22N2O4/c25-21(19-13-18-6-1-2-7-20(18)28-22(19)26)23-14-16-4-3-5-17(12-16)15-24-8-10-27-11-9-24/h1-7,12-13H,8-11,14-15H2,(H,23,25). The van der Waals surface area contributed by atoms with Gasteiger partial charge in [0.05, 0.1) is 13.2 Å². The van der Waals surface area contributed by atoms with Gasteiger partial charge in [-0.15, -0.1) is 0 Å². The summed E-state index contributed by atoms with van der Waals surface area (Å²) in [6.45, 7) is 4.60. The van der Waals surface area contributed by atoms with Gasteiger partial charge >= 0.3 is 5.63 Å². The van der Waals surface area contributed by atoms with Gasteiger partial charge < -0.3 is 14.5 Å². The van der Waals surface area contributed by atoms with Crippen molar-refractivity contribution in [3.8, 4) is 0 Å². The fraction of sp³-hybridized carbons (Fsp3) is 0.273. The van der Waals surface area contributed by atoms with Crippen molar-refractivity contribution in [2.45, 2.75) is 13.1 Å². The van der Waals surface area contributed by atoms with Gasteiger partial charge in [0, 0.05) is 31.6 Å². The number of hydrogen-bond acceptors (Lipinski definition) is 5. The van der Waals surface area contributed by atoms with E-state index in [1.807, 2.05) is 24.3 Å². The maximum Gasteiger partial charge on any atom is 0.349 e. The van der Waals surface area contributed by atoms with Crippen molar-refractivity contribution in [1.82, 2.24) is 10.2 Å². The average molecular weight is 378 g/mol. The van der Waals surface area contributed by atoms with Gasteiger partial charge in [0.15, 0.2) is 0 Å². The van der Waals surface area contributed by atoms with Gasteiger partial charge in [-0.2, -0.15) is 0 Å². The molecule has 3 aromatic rings. The molecular weight excluding hydrogens is 356 g/mol. The van der Waals surface area contributed by atoms with E-state index >= 15 is 0 Å². The Morgan fingerprint density at radius 3 is 2.64 bits per heavy atom. The SMILES string of the molecule is O=C(NCc1cccc(CN2CCOCC2)c1)c1cc2ccccc2oc1=O. The summed E-state index contributed by atoms with van der Waals surface area (Å²) >= 11 is 0. The Morgan fingerprint density at radius 2 is 1.79 bits per heavy atom. The quantitative estimate of drug-likeness (QED) is 0.691. The monoisotopic (exact) mass is 378 g/mol. The fourth-order valence-electron chi connectivity index (χ4n) is 3.35. The van der Waals surface area contributed by atoms with Crippen LogP contribution in [0, 0.1) is 0 Å². The molecule has 0 radical (unpaired) electrons. The van der Waals surface area contributed by atoms with Crippen LogP contribution in [0.3, 0.4) is 0 Å². The van der Waals surface area contributed by atoms with Crippen molar-refractivity contribution >= 4 is 16.9 Å². The molecule has 144 valence electrons. The Kier molecular flexibility index (Phi) is 5.50. The molecule has 1 aromatic heterocycles. The van der Waals surface area contributed by atoms with E-state index in [2.05, 4.69) is 22.3 Å². The van der Waals surface area contributed by atoms with E-state index in [1.165, 1.54) is 5.56 Å². The van der Waals surface area contributed by atoms with Crippen LogP contribution in [0.5, 0.6) is 0 Å². The number of benzene rings is 2. The van der Waals surface area contributed by atoms with Gasteiger partial charge in [0.25, 0.3) is 5.91 Å². The number of para-hydroxylation sites is 1. The molecule has 28 heavy (non-hydrogen) atoms. The summed E-state index contributed by atoms with van der Waals surface area (Å²) in [5.41, 5.74) is 2.04. The van der Waals surface area contributed by atoms with Crippen LogP contribution < -0.4 is 10.9 Å². The van der Waals surface area contributed by atoms with Crippen molar-refractivity contribution < 1.29 is 13.9 Å². The predicted molar refractivity (Wildman–Crippen MR) is 106 cm³/mol. The maximum absolute atomic E-state index is 12.5. The summed E-state index contributed by atoms with van der Waals surface area (Å²) in [7, 11) is 0. The van der Waals surface area contributed by atoms with Crippen LogP contribution in [-0.2, 0) is 17.8 Å². The van der Waals surface area contributed by atoms with Gasteiger partial charge in [-0.3, -0.25) is 9.69 Å². The van der Waals surface area contributed by atoms with Crippen LogP contribution >= 0.6 is 0 Å². The molecule has 6 heteroatoms. The first-order valence-electron chi connectivity index (χ1n) is 9.38. The number of carbonyl (C=O) groups excluding carboxylic acids is 1. The molecule has 4 rings (SSSR count). The molecule has 1 aliphatic heterocycles. The third-order valence-electron chi connectivity index (χ3n) is 4.84. The first-order chi connectivity index (χ1) is 13.7. The minimum absolute atomic E-state index is 0.0168. The summed E-state index contributed by atoms with van der Waals surface area (Å²) in [5, 5.41) is 3.54. The van der Waals surface area contributed by atoms with E-state index in [4.69, 9.17) is 9.15 Å². The van der Waals surface area contributed by atoms with E-state index < -0.39 is 11.5 Å². The number of nitrogens with zero attached hydrogens (tertiary/aromatic N) is 1. The summed E-state index contributed by atoms with van der Waals surface area (Å²) in [5.74, 6) is -0.432. The smallest absolute Gasteiger partial charge is 0.349 e. The summed E-state index contributed by atoms with van der Waals surface area (Å²) in [6, 6.07) is 16.8. The Balaban J connectivity index is 1.43. The van der Waals surface area contributed by atoms with Crippen molar-refractivity contribution in [3.63, 3.8) is 0 Å². The number of morpholine rings is 1.